The zero-order valence-electron chi connectivity index (χ0n) is 18.2. The maximum atomic E-state index is 12.7. The van der Waals surface area contributed by atoms with Gasteiger partial charge in [-0.1, -0.05) is 0 Å². The van der Waals surface area contributed by atoms with Crippen LogP contribution in [0.5, 0.6) is 0 Å². The minimum atomic E-state index is -0.500. The average Bonchev–Trinajstić information content (AvgIpc) is 2.63. The quantitative estimate of drug-likeness (QED) is 0.809. The van der Waals surface area contributed by atoms with E-state index in [0.717, 1.165) is 24.3 Å². The number of amides is 2. The van der Waals surface area contributed by atoms with E-state index in [1.54, 1.807) is 4.90 Å². The Morgan fingerprint density at radius 3 is 2.29 bits per heavy atom. The van der Waals surface area contributed by atoms with Crippen molar-refractivity contribution < 1.29 is 14.3 Å². The van der Waals surface area contributed by atoms with Crippen LogP contribution in [0.2, 0.25) is 0 Å². The third-order valence-corrected chi connectivity index (χ3v) is 5.11. The van der Waals surface area contributed by atoms with Gasteiger partial charge in [-0.15, -0.1) is 0 Å². The van der Waals surface area contributed by atoms with E-state index in [4.69, 9.17) is 4.74 Å². The second kappa shape index (κ2) is 9.30. The van der Waals surface area contributed by atoms with Gasteiger partial charge in [0.15, 0.2) is 0 Å². The number of anilines is 2. The van der Waals surface area contributed by atoms with Crippen LogP contribution in [0, 0.1) is 12.8 Å². The van der Waals surface area contributed by atoms with Crippen LogP contribution < -0.4 is 10.2 Å². The molecule has 1 heterocycles. The van der Waals surface area contributed by atoms with E-state index in [-0.39, 0.29) is 17.9 Å². The van der Waals surface area contributed by atoms with Gasteiger partial charge in [-0.05, 0) is 78.1 Å². The Kier molecular flexibility index (Phi) is 7.33. The lowest BCUT2D eigenvalue weighted by molar-refractivity contribution is -0.121. The first kappa shape index (κ1) is 22.1. The van der Waals surface area contributed by atoms with Crippen molar-refractivity contribution in [2.75, 3.05) is 36.4 Å². The Labute approximate surface area is 169 Å². The second-order valence-corrected chi connectivity index (χ2v) is 8.40. The molecular weight excluding hydrogens is 354 g/mol. The van der Waals surface area contributed by atoms with Crippen LogP contribution in [-0.2, 0) is 9.53 Å². The summed E-state index contributed by atoms with van der Waals surface area (Å²) in [5, 5.41) is 3.07. The maximum absolute atomic E-state index is 12.7. The molecule has 1 aromatic carbocycles. The summed E-state index contributed by atoms with van der Waals surface area (Å²) in [6, 6.07) is 6.16. The van der Waals surface area contributed by atoms with Crippen LogP contribution in [0.25, 0.3) is 0 Å². The molecule has 1 aromatic rings. The first-order valence-electron chi connectivity index (χ1n) is 10.3. The van der Waals surface area contributed by atoms with Crippen molar-refractivity contribution >= 4 is 23.4 Å². The smallest absolute Gasteiger partial charge is 0.410 e. The lowest BCUT2D eigenvalue weighted by Crippen LogP contribution is -2.43. The molecule has 6 nitrogen and oxygen atoms in total. The van der Waals surface area contributed by atoms with E-state index in [9.17, 15) is 9.59 Å². The Morgan fingerprint density at radius 2 is 1.79 bits per heavy atom. The Hall–Kier alpha value is -2.24. The summed E-state index contributed by atoms with van der Waals surface area (Å²) in [7, 11) is 0. The van der Waals surface area contributed by atoms with Gasteiger partial charge < -0.3 is 19.9 Å². The van der Waals surface area contributed by atoms with Crippen molar-refractivity contribution in [2.24, 2.45) is 5.92 Å². The largest absolute Gasteiger partial charge is 0.444 e. The normalized spacial score (nSPS) is 15.3. The lowest BCUT2D eigenvalue weighted by atomic mass is 9.96. The molecule has 1 saturated heterocycles. The van der Waals surface area contributed by atoms with Gasteiger partial charge in [-0.25, -0.2) is 4.79 Å². The standard InChI is InChI=1S/C22H35N3O3/c1-7-24(8-2)18-9-10-19(16(3)15-18)23-20(26)17-11-13-25(14-12-17)21(27)28-22(4,5)6/h9-10,15,17H,7-8,11-14H2,1-6H3,(H,23,26). The van der Waals surface area contributed by atoms with Crippen LogP contribution >= 0.6 is 0 Å². The molecule has 0 saturated carbocycles. The van der Waals surface area contributed by atoms with Crippen molar-refractivity contribution in [3.63, 3.8) is 0 Å². The fourth-order valence-electron chi connectivity index (χ4n) is 3.46. The van der Waals surface area contributed by atoms with Gasteiger partial charge in [0.05, 0.1) is 0 Å². The van der Waals surface area contributed by atoms with Gasteiger partial charge in [0.2, 0.25) is 5.91 Å². The molecule has 0 atom stereocenters. The number of nitrogens with one attached hydrogen (secondary N) is 1. The van der Waals surface area contributed by atoms with Crippen LogP contribution in [0.4, 0.5) is 16.2 Å². The van der Waals surface area contributed by atoms with E-state index < -0.39 is 5.60 Å². The zero-order chi connectivity index (χ0) is 20.9. The maximum Gasteiger partial charge on any atom is 0.410 e. The van der Waals surface area contributed by atoms with E-state index in [0.29, 0.717) is 25.9 Å². The predicted molar refractivity (Wildman–Crippen MR) is 114 cm³/mol. The first-order chi connectivity index (χ1) is 13.1. The van der Waals surface area contributed by atoms with E-state index >= 15 is 0 Å². The van der Waals surface area contributed by atoms with Crippen molar-refractivity contribution in [3.05, 3.63) is 23.8 Å². The van der Waals surface area contributed by atoms with Crippen LogP contribution in [-0.4, -0.2) is 48.7 Å². The van der Waals surface area contributed by atoms with Gasteiger partial charge in [0.1, 0.15) is 5.60 Å². The highest BCUT2D eigenvalue weighted by Gasteiger charge is 2.30. The number of hydrogen-bond donors (Lipinski definition) is 1. The molecule has 6 heteroatoms. The summed E-state index contributed by atoms with van der Waals surface area (Å²) in [5.41, 5.74) is 2.59. The van der Waals surface area contributed by atoms with Crippen molar-refractivity contribution in [1.82, 2.24) is 4.90 Å². The number of hydrogen-bond acceptors (Lipinski definition) is 4. The Bertz CT molecular complexity index is 685. The van der Waals surface area contributed by atoms with Crippen molar-refractivity contribution in [1.29, 1.82) is 0 Å². The Morgan fingerprint density at radius 1 is 1.18 bits per heavy atom. The Balaban J connectivity index is 1.92. The van der Waals surface area contributed by atoms with Gasteiger partial charge in [0.25, 0.3) is 0 Å². The molecule has 0 unspecified atom stereocenters. The van der Waals surface area contributed by atoms with Gasteiger partial charge in [0, 0.05) is 43.5 Å². The molecule has 28 heavy (non-hydrogen) atoms. The van der Waals surface area contributed by atoms with Crippen molar-refractivity contribution in [3.8, 4) is 0 Å². The summed E-state index contributed by atoms with van der Waals surface area (Å²) >= 11 is 0. The number of carbonyl (C=O) groups excluding carboxylic acids is 2. The minimum Gasteiger partial charge on any atom is -0.444 e. The highest BCUT2D eigenvalue weighted by atomic mass is 16.6. The first-order valence-corrected chi connectivity index (χ1v) is 10.3. The SMILES string of the molecule is CCN(CC)c1ccc(NC(=O)C2CCN(C(=O)OC(C)(C)C)CC2)c(C)c1. The summed E-state index contributed by atoms with van der Waals surface area (Å²) in [6.07, 6.45) is 1.01. The summed E-state index contributed by atoms with van der Waals surface area (Å²) in [5.74, 6) is -0.0527. The molecular formula is C22H35N3O3. The third-order valence-electron chi connectivity index (χ3n) is 5.11. The molecule has 0 bridgehead atoms. The fraction of sp³-hybridized carbons (Fsp3) is 0.636. The number of ether oxygens (including phenoxy) is 1. The zero-order valence-corrected chi connectivity index (χ0v) is 18.2. The molecule has 0 aromatic heterocycles. The van der Waals surface area contributed by atoms with E-state index in [1.165, 1.54) is 5.69 Å². The number of aryl methyl sites for hydroxylation is 1. The minimum absolute atomic E-state index is 0.0301. The average molecular weight is 390 g/mol. The van der Waals surface area contributed by atoms with Crippen LogP contribution in [0.15, 0.2) is 18.2 Å². The topological polar surface area (TPSA) is 61.9 Å². The molecule has 0 aliphatic carbocycles. The van der Waals surface area contributed by atoms with Crippen molar-refractivity contribution in [2.45, 2.75) is 60.0 Å². The number of carbonyl (C=O) groups is 2. The molecule has 1 aliphatic rings. The molecule has 1 fully saturated rings. The monoisotopic (exact) mass is 389 g/mol. The fourth-order valence-corrected chi connectivity index (χ4v) is 3.46. The highest BCUT2D eigenvalue weighted by molar-refractivity contribution is 5.93. The van der Waals surface area contributed by atoms with E-state index in [2.05, 4.69) is 36.2 Å². The van der Waals surface area contributed by atoms with Crippen LogP contribution in [0.1, 0.15) is 53.0 Å². The predicted octanol–water partition coefficient (Wildman–Crippen LogP) is 4.43. The molecule has 0 spiro atoms. The summed E-state index contributed by atoms with van der Waals surface area (Å²) < 4.78 is 5.42. The molecule has 2 amide bonds. The highest BCUT2D eigenvalue weighted by Crippen LogP contribution is 2.25. The van der Waals surface area contributed by atoms with Crippen LogP contribution in [0.3, 0.4) is 0 Å². The molecule has 0 radical (unpaired) electrons. The third kappa shape index (κ3) is 5.88. The lowest BCUT2D eigenvalue weighted by Gasteiger charge is -2.33. The summed E-state index contributed by atoms with van der Waals surface area (Å²) in [4.78, 5) is 28.8. The van der Waals surface area contributed by atoms with E-state index in [1.807, 2.05) is 33.8 Å². The van der Waals surface area contributed by atoms with Gasteiger partial charge in [-0.3, -0.25) is 4.79 Å². The molecule has 156 valence electrons. The number of nitrogens with zero attached hydrogens (tertiary/aromatic N) is 2. The van der Waals surface area contributed by atoms with Gasteiger partial charge in [-0.2, -0.15) is 0 Å². The number of benzene rings is 1. The number of piperidine rings is 1. The number of likely N-dealkylation sites (tertiary alicyclic amines) is 1. The van der Waals surface area contributed by atoms with Gasteiger partial charge >= 0.3 is 6.09 Å². The molecule has 2 rings (SSSR count). The summed E-state index contributed by atoms with van der Waals surface area (Å²) in [6.45, 7) is 14.9. The number of rotatable bonds is 5. The second-order valence-electron chi connectivity index (χ2n) is 8.40. The molecule has 1 N–H and O–H groups in total. The molecule has 1 aliphatic heterocycles.